The summed E-state index contributed by atoms with van der Waals surface area (Å²) < 4.78 is 5.69. The van der Waals surface area contributed by atoms with Crippen LogP contribution in [0.1, 0.15) is 52.4 Å². The van der Waals surface area contributed by atoms with E-state index in [1.807, 2.05) is 0 Å². The van der Waals surface area contributed by atoms with Crippen LogP contribution in [0, 0.1) is 34.0 Å². The van der Waals surface area contributed by atoms with Crippen molar-refractivity contribution >= 4 is 11.8 Å². The molecule has 4 nitrogen and oxygen atoms in total. The summed E-state index contributed by atoms with van der Waals surface area (Å²) in [6.45, 7) is 8.86. The Hall–Kier alpha value is -1.16. The first-order valence-electron chi connectivity index (χ1n) is 9.31. The van der Waals surface area contributed by atoms with Crippen LogP contribution in [0.5, 0.6) is 0 Å². The third-order valence-electron chi connectivity index (χ3n) is 7.97. The summed E-state index contributed by atoms with van der Waals surface area (Å²) in [7, 11) is 0. The van der Waals surface area contributed by atoms with Gasteiger partial charge in [0.15, 0.2) is 5.78 Å². The zero-order valence-corrected chi connectivity index (χ0v) is 14.8. The second-order valence-corrected chi connectivity index (χ2v) is 9.24. The van der Waals surface area contributed by atoms with Crippen molar-refractivity contribution in [3.8, 4) is 0 Å². The van der Waals surface area contributed by atoms with Gasteiger partial charge in [0.2, 0.25) is 0 Å². The van der Waals surface area contributed by atoms with Crippen LogP contribution in [0.4, 0.5) is 0 Å². The molecule has 4 fully saturated rings. The fourth-order valence-electron chi connectivity index (χ4n) is 6.81. The highest BCUT2D eigenvalue weighted by atomic mass is 16.5. The Bertz CT molecular complexity index is 621. The lowest BCUT2D eigenvalue weighted by Crippen LogP contribution is -2.64. The molecule has 1 N–H and O–H groups in total. The van der Waals surface area contributed by atoms with Crippen molar-refractivity contribution in [1.29, 1.82) is 0 Å². The van der Waals surface area contributed by atoms with Crippen molar-refractivity contribution in [2.75, 3.05) is 13.2 Å². The predicted octanol–water partition coefficient (Wildman–Crippen LogP) is 2.89. The van der Waals surface area contributed by atoms with Gasteiger partial charge in [-0.25, -0.2) is 0 Å². The number of cyclic esters (lactones) is 1. The van der Waals surface area contributed by atoms with Gasteiger partial charge in [-0.2, -0.15) is 0 Å². The van der Waals surface area contributed by atoms with Gasteiger partial charge in [-0.05, 0) is 60.8 Å². The number of carbonyl (C=O) groups excluding carboxylic acids is 2. The number of aliphatic hydroxyl groups excluding tert-OH is 1. The predicted molar refractivity (Wildman–Crippen MR) is 89.0 cm³/mol. The molecule has 0 aromatic carbocycles. The molecule has 0 aromatic rings. The number of hydrogen-bond donors (Lipinski definition) is 1. The standard InChI is InChI=1S/C20H28O4/c1-12-13-5-6-14-19(8-4-7-18(2,3)15(19)10-21)11-24-17(23)20(14,9-13)16(12)22/h13-15,21H,1,4-11H2,2-3H3. The summed E-state index contributed by atoms with van der Waals surface area (Å²) in [4.78, 5) is 25.9. The lowest BCUT2D eigenvalue weighted by atomic mass is 9.45. The molecule has 4 aliphatic rings. The van der Waals surface area contributed by atoms with Crippen LogP contribution in [-0.2, 0) is 14.3 Å². The molecule has 3 aliphatic carbocycles. The number of rotatable bonds is 1. The lowest BCUT2D eigenvalue weighted by molar-refractivity contribution is -0.216. The van der Waals surface area contributed by atoms with Crippen LogP contribution in [-0.4, -0.2) is 30.1 Å². The molecule has 4 heteroatoms. The van der Waals surface area contributed by atoms with Gasteiger partial charge < -0.3 is 9.84 Å². The van der Waals surface area contributed by atoms with Gasteiger partial charge in [0, 0.05) is 12.0 Å². The second-order valence-electron chi connectivity index (χ2n) is 9.24. The molecule has 5 unspecified atom stereocenters. The SMILES string of the molecule is C=C1C(=O)C23CC1CCC2C1(CCCC(C)(C)C1CO)COC3=O. The van der Waals surface area contributed by atoms with E-state index in [0.717, 1.165) is 32.1 Å². The molecular formula is C20H28O4. The van der Waals surface area contributed by atoms with Crippen molar-refractivity contribution in [2.24, 2.45) is 34.0 Å². The fourth-order valence-corrected chi connectivity index (χ4v) is 6.81. The van der Waals surface area contributed by atoms with E-state index < -0.39 is 5.41 Å². The third kappa shape index (κ3) is 1.73. The Morgan fingerprint density at radius 2 is 2.00 bits per heavy atom. The number of carbonyl (C=O) groups is 2. The third-order valence-corrected chi connectivity index (χ3v) is 7.97. The highest BCUT2D eigenvalue weighted by Crippen LogP contribution is 2.67. The average molecular weight is 332 g/mol. The summed E-state index contributed by atoms with van der Waals surface area (Å²) in [5, 5.41) is 10.2. The van der Waals surface area contributed by atoms with E-state index in [1.54, 1.807) is 0 Å². The Labute approximate surface area is 143 Å². The Balaban J connectivity index is 1.86. The molecular weight excluding hydrogens is 304 g/mol. The van der Waals surface area contributed by atoms with Crippen molar-refractivity contribution in [3.63, 3.8) is 0 Å². The average Bonchev–Trinajstić information content (AvgIpc) is 2.73. The van der Waals surface area contributed by atoms with E-state index in [9.17, 15) is 14.7 Å². The summed E-state index contributed by atoms with van der Waals surface area (Å²) in [6, 6.07) is 0. The van der Waals surface area contributed by atoms with Gasteiger partial charge in [0.25, 0.3) is 0 Å². The number of Topliss-reactive ketones (excluding diaryl/α,β-unsaturated/α-hetero) is 1. The largest absolute Gasteiger partial charge is 0.464 e. The second kappa shape index (κ2) is 4.94. The molecule has 5 atom stereocenters. The number of hydrogen-bond acceptors (Lipinski definition) is 4. The van der Waals surface area contributed by atoms with Gasteiger partial charge in [0.05, 0.1) is 6.61 Å². The maximum atomic E-state index is 13.1. The van der Waals surface area contributed by atoms with Gasteiger partial charge >= 0.3 is 5.97 Å². The zero-order chi connectivity index (χ0) is 17.3. The maximum Gasteiger partial charge on any atom is 0.320 e. The van der Waals surface area contributed by atoms with Gasteiger partial charge in [-0.15, -0.1) is 0 Å². The van der Waals surface area contributed by atoms with Crippen LogP contribution in [0.15, 0.2) is 12.2 Å². The van der Waals surface area contributed by atoms with Crippen molar-refractivity contribution < 1.29 is 19.4 Å². The van der Waals surface area contributed by atoms with Gasteiger partial charge in [-0.3, -0.25) is 9.59 Å². The molecule has 3 saturated carbocycles. The molecule has 0 amide bonds. The normalized spacial score (nSPS) is 46.8. The molecule has 1 heterocycles. The monoisotopic (exact) mass is 332 g/mol. The molecule has 4 rings (SSSR count). The minimum atomic E-state index is -1.01. The number of esters is 1. The van der Waals surface area contributed by atoms with Crippen LogP contribution >= 0.6 is 0 Å². The van der Waals surface area contributed by atoms with Crippen molar-refractivity contribution in [2.45, 2.75) is 52.4 Å². The number of allylic oxidation sites excluding steroid dienone is 1. The first kappa shape index (κ1) is 16.3. The number of ketones is 1. The topological polar surface area (TPSA) is 63.6 Å². The first-order valence-corrected chi connectivity index (χ1v) is 9.31. The van der Waals surface area contributed by atoms with E-state index in [2.05, 4.69) is 20.4 Å². The van der Waals surface area contributed by atoms with E-state index in [0.29, 0.717) is 18.6 Å². The molecule has 0 radical (unpaired) electrons. The molecule has 24 heavy (non-hydrogen) atoms. The van der Waals surface area contributed by atoms with Crippen molar-refractivity contribution in [1.82, 2.24) is 0 Å². The number of aliphatic hydroxyl groups is 1. The Morgan fingerprint density at radius 3 is 2.71 bits per heavy atom. The molecule has 1 aliphatic heterocycles. The first-order chi connectivity index (χ1) is 11.3. The summed E-state index contributed by atoms with van der Waals surface area (Å²) in [5.41, 5.74) is -0.663. The van der Waals surface area contributed by atoms with Crippen LogP contribution in [0.25, 0.3) is 0 Å². The number of fused-ring (bicyclic) bond motifs is 2. The van der Waals surface area contributed by atoms with Crippen LogP contribution in [0.3, 0.4) is 0 Å². The molecule has 0 aromatic heterocycles. The highest BCUT2D eigenvalue weighted by Gasteiger charge is 2.71. The Kier molecular flexibility index (Phi) is 3.36. The van der Waals surface area contributed by atoms with Crippen LogP contribution in [0.2, 0.25) is 0 Å². The lowest BCUT2D eigenvalue weighted by Gasteiger charge is -2.61. The molecule has 1 saturated heterocycles. The van der Waals surface area contributed by atoms with Gasteiger partial charge in [-0.1, -0.05) is 26.8 Å². The van der Waals surface area contributed by atoms with E-state index in [-0.39, 0.29) is 46.9 Å². The van der Waals surface area contributed by atoms with Crippen molar-refractivity contribution in [3.05, 3.63) is 12.2 Å². The fraction of sp³-hybridized carbons (Fsp3) is 0.800. The summed E-state index contributed by atoms with van der Waals surface area (Å²) >= 11 is 0. The minimum absolute atomic E-state index is 0.00650. The van der Waals surface area contributed by atoms with E-state index in [4.69, 9.17) is 4.74 Å². The van der Waals surface area contributed by atoms with Gasteiger partial charge in [0.1, 0.15) is 5.41 Å². The quantitative estimate of drug-likeness (QED) is 0.455. The van der Waals surface area contributed by atoms with E-state index in [1.165, 1.54) is 0 Å². The van der Waals surface area contributed by atoms with E-state index >= 15 is 0 Å². The summed E-state index contributed by atoms with van der Waals surface area (Å²) in [6.07, 6.45) is 5.45. The molecule has 132 valence electrons. The maximum absolute atomic E-state index is 13.1. The molecule has 2 bridgehead atoms. The number of ether oxygens (including phenoxy) is 1. The van der Waals surface area contributed by atoms with Crippen LogP contribution < -0.4 is 0 Å². The minimum Gasteiger partial charge on any atom is -0.464 e. The summed E-state index contributed by atoms with van der Waals surface area (Å²) in [5.74, 6) is -0.204. The highest BCUT2D eigenvalue weighted by molar-refractivity contribution is 6.15. The molecule has 2 spiro atoms. The Morgan fingerprint density at radius 1 is 1.25 bits per heavy atom. The zero-order valence-electron chi connectivity index (χ0n) is 14.8. The smallest absolute Gasteiger partial charge is 0.320 e.